The molecule has 0 aliphatic carbocycles. The second kappa shape index (κ2) is 8.25. The average Bonchev–Trinajstić information content (AvgIpc) is 2.64. The maximum Gasteiger partial charge on any atom is 0.261 e. The molecule has 0 saturated carbocycles. The summed E-state index contributed by atoms with van der Waals surface area (Å²) in [6.45, 7) is 1.38. The van der Waals surface area contributed by atoms with Crippen molar-refractivity contribution in [1.82, 2.24) is 14.5 Å². The van der Waals surface area contributed by atoms with Crippen LogP contribution in [0.15, 0.2) is 35.4 Å². The van der Waals surface area contributed by atoms with Gasteiger partial charge in [0.15, 0.2) is 0 Å². The van der Waals surface area contributed by atoms with E-state index in [1.54, 1.807) is 17.0 Å². The Morgan fingerprint density at radius 3 is 2.96 bits per heavy atom. The van der Waals surface area contributed by atoms with E-state index in [9.17, 15) is 14.7 Å². The quantitative estimate of drug-likeness (QED) is 0.870. The van der Waals surface area contributed by atoms with Gasteiger partial charge >= 0.3 is 0 Å². The summed E-state index contributed by atoms with van der Waals surface area (Å²) in [5.74, 6) is 0.125. The van der Waals surface area contributed by atoms with Gasteiger partial charge in [0.05, 0.1) is 17.2 Å². The van der Waals surface area contributed by atoms with Gasteiger partial charge in [-0.25, -0.2) is 4.98 Å². The van der Waals surface area contributed by atoms with Crippen LogP contribution in [0.5, 0.6) is 0 Å². The molecule has 1 amide bonds. The Morgan fingerprint density at radius 2 is 2.12 bits per heavy atom. The Kier molecular flexibility index (Phi) is 5.81. The molecule has 134 valence electrons. The van der Waals surface area contributed by atoms with Gasteiger partial charge in [0.1, 0.15) is 0 Å². The first-order chi connectivity index (χ1) is 12.2. The standard InChI is InChI=1S/C19H25N3O3/c23-13-10-15-6-3-4-12-22(15)18(24)9-5-11-21-14-20-17-8-2-1-7-16(17)19(21)25/h1-2,7-8,14-15,23H,3-6,9-13H2. The minimum absolute atomic E-state index is 0.0609. The van der Waals surface area contributed by atoms with Gasteiger partial charge in [-0.2, -0.15) is 0 Å². The van der Waals surface area contributed by atoms with Crippen LogP contribution in [0.2, 0.25) is 0 Å². The van der Waals surface area contributed by atoms with Crippen molar-refractivity contribution >= 4 is 16.8 Å². The van der Waals surface area contributed by atoms with E-state index in [1.165, 1.54) is 0 Å². The van der Waals surface area contributed by atoms with E-state index >= 15 is 0 Å². The first-order valence-electron chi connectivity index (χ1n) is 9.05. The maximum atomic E-state index is 12.5. The summed E-state index contributed by atoms with van der Waals surface area (Å²) in [6, 6.07) is 7.45. The molecule has 1 aliphatic heterocycles. The lowest BCUT2D eigenvalue weighted by molar-refractivity contribution is -0.135. The van der Waals surface area contributed by atoms with Crippen molar-refractivity contribution in [2.75, 3.05) is 13.2 Å². The molecule has 2 heterocycles. The number of carbonyl (C=O) groups excluding carboxylic acids is 1. The predicted octanol–water partition coefficient (Wildman–Crippen LogP) is 1.94. The summed E-state index contributed by atoms with van der Waals surface area (Å²) < 4.78 is 1.58. The van der Waals surface area contributed by atoms with E-state index in [0.29, 0.717) is 36.7 Å². The number of piperidine rings is 1. The van der Waals surface area contributed by atoms with E-state index in [1.807, 2.05) is 23.1 Å². The number of benzene rings is 1. The second-order valence-corrected chi connectivity index (χ2v) is 6.61. The first kappa shape index (κ1) is 17.6. The summed E-state index contributed by atoms with van der Waals surface area (Å²) >= 11 is 0. The molecule has 1 fully saturated rings. The molecule has 0 spiro atoms. The Hall–Kier alpha value is -2.21. The van der Waals surface area contributed by atoms with E-state index in [2.05, 4.69) is 4.98 Å². The fourth-order valence-corrected chi connectivity index (χ4v) is 3.59. The molecular weight excluding hydrogens is 318 g/mol. The summed E-state index contributed by atoms with van der Waals surface area (Å²) in [6.07, 6.45) is 6.36. The number of aliphatic hydroxyl groups is 1. The number of hydrogen-bond acceptors (Lipinski definition) is 4. The number of para-hydroxylation sites is 1. The summed E-state index contributed by atoms with van der Waals surface area (Å²) in [7, 11) is 0. The molecule has 3 rings (SSSR count). The molecule has 25 heavy (non-hydrogen) atoms. The third-order valence-corrected chi connectivity index (χ3v) is 4.93. The van der Waals surface area contributed by atoms with Gasteiger partial charge in [-0.1, -0.05) is 12.1 Å². The maximum absolute atomic E-state index is 12.5. The van der Waals surface area contributed by atoms with Crippen LogP contribution in [0, 0.1) is 0 Å². The Morgan fingerprint density at radius 1 is 1.28 bits per heavy atom. The third-order valence-electron chi connectivity index (χ3n) is 4.93. The van der Waals surface area contributed by atoms with E-state index < -0.39 is 0 Å². The number of amides is 1. The van der Waals surface area contributed by atoms with Gasteiger partial charge in [0.25, 0.3) is 5.56 Å². The van der Waals surface area contributed by atoms with Gasteiger partial charge in [-0.15, -0.1) is 0 Å². The molecule has 1 aliphatic rings. The van der Waals surface area contributed by atoms with E-state index in [0.717, 1.165) is 25.8 Å². The van der Waals surface area contributed by atoms with Crippen molar-refractivity contribution in [3.63, 3.8) is 0 Å². The molecule has 0 bridgehead atoms. The third kappa shape index (κ3) is 4.07. The fourth-order valence-electron chi connectivity index (χ4n) is 3.59. The van der Waals surface area contributed by atoms with Crippen molar-refractivity contribution in [3.05, 3.63) is 40.9 Å². The van der Waals surface area contributed by atoms with E-state index in [-0.39, 0.29) is 24.1 Å². The largest absolute Gasteiger partial charge is 0.396 e. The summed E-state index contributed by atoms with van der Waals surface area (Å²) in [5.41, 5.74) is 0.633. The molecular formula is C19H25N3O3. The number of likely N-dealkylation sites (tertiary alicyclic amines) is 1. The molecule has 1 atom stereocenters. The van der Waals surface area contributed by atoms with Gasteiger partial charge in [-0.05, 0) is 44.2 Å². The number of hydrogen-bond donors (Lipinski definition) is 1. The Balaban J connectivity index is 1.60. The number of nitrogens with zero attached hydrogens (tertiary/aromatic N) is 3. The lowest BCUT2D eigenvalue weighted by Crippen LogP contribution is -2.44. The van der Waals surface area contributed by atoms with Gasteiger partial charge < -0.3 is 10.0 Å². The minimum atomic E-state index is -0.0609. The minimum Gasteiger partial charge on any atom is -0.396 e. The zero-order valence-corrected chi connectivity index (χ0v) is 14.4. The zero-order chi connectivity index (χ0) is 17.6. The highest BCUT2D eigenvalue weighted by atomic mass is 16.3. The number of aromatic nitrogens is 2. The van der Waals surface area contributed by atoms with Gasteiger partial charge in [0.2, 0.25) is 5.91 Å². The zero-order valence-electron chi connectivity index (χ0n) is 14.4. The monoisotopic (exact) mass is 343 g/mol. The molecule has 0 radical (unpaired) electrons. The highest BCUT2D eigenvalue weighted by Gasteiger charge is 2.25. The van der Waals surface area contributed by atoms with Crippen molar-refractivity contribution in [3.8, 4) is 0 Å². The first-order valence-corrected chi connectivity index (χ1v) is 9.05. The van der Waals surface area contributed by atoms with Crippen LogP contribution in [-0.4, -0.2) is 44.7 Å². The van der Waals surface area contributed by atoms with E-state index in [4.69, 9.17) is 0 Å². The van der Waals surface area contributed by atoms with Crippen LogP contribution in [0.3, 0.4) is 0 Å². The molecule has 1 N–H and O–H groups in total. The summed E-state index contributed by atoms with van der Waals surface area (Å²) in [5, 5.41) is 9.78. The second-order valence-electron chi connectivity index (χ2n) is 6.61. The van der Waals surface area contributed by atoms with Crippen LogP contribution < -0.4 is 5.56 Å². The molecule has 1 saturated heterocycles. The molecule has 1 unspecified atom stereocenters. The average molecular weight is 343 g/mol. The Bertz CT molecular complexity index is 785. The molecule has 1 aromatic heterocycles. The smallest absolute Gasteiger partial charge is 0.261 e. The number of fused-ring (bicyclic) bond motifs is 1. The highest BCUT2D eigenvalue weighted by Crippen LogP contribution is 2.20. The van der Waals surface area contributed by atoms with Crippen molar-refractivity contribution in [2.45, 2.75) is 51.1 Å². The molecule has 6 nitrogen and oxygen atoms in total. The van der Waals surface area contributed by atoms with Gasteiger partial charge in [0, 0.05) is 32.2 Å². The van der Waals surface area contributed by atoms with Gasteiger partial charge in [-0.3, -0.25) is 14.2 Å². The van der Waals surface area contributed by atoms with Crippen LogP contribution >= 0.6 is 0 Å². The van der Waals surface area contributed by atoms with Crippen molar-refractivity contribution in [2.24, 2.45) is 0 Å². The SMILES string of the molecule is O=C(CCCn1cnc2ccccc2c1=O)N1CCCCC1CCO. The summed E-state index contributed by atoms with van der Waals surface area (Å²) in [4.78, 5) is 31.2. The molecule has 1 aromatic carbocycles. The topological polar surface area (TPSA) is 75.4 Å². The molecule has 6 heteroatoms. The lowest BCUT2D eigenvalue weighted by Gasteiger charge is -2.35. The van der Waals surface area contributed by atoms with Crippen LogP contribution in [0.25, 0.3) is 10.9 Å². The number of rotatable bonds is 6. The van der Waals surface area contributed by atoms with Crippen LogP contribution in [-0.2, 0) is 11.3 Å². The van der Waals surface area contributed by atoms with Crippen molar-refractivity contribution < 1.29 is 9.90 Å². The molecule has 2 aromatic rings. The van der Waals surface area contributed by atoms with Crippen LogP contribution in [0.4, 0.5) is 0 Å². The number of aliphatic hydroxyl groups excluding tert-OH is 1. The fraction of sp³-hybridized carbons (Fsp3) is 0.526. The normalized spacial score (nSPS) is 17.8. The van der Waals surface area contributed by atoms with Crippen molar-refractivity contribution in [1.29, 1.82) is 0 Å². The number of carbonyl (C=O) groups is 1. The lowest BCUT2D eigenvalue weighted by atomic mass is 9.99. The number of aryl methyl sites for hydroxylation is 1. The van der Waals surface area contributed by atoms with Crippen LogP contribution in [0.1, 0.15) is 38.5 Å². The highest BCUT2D eigenvalue weighted by molar-refractivity contribution is 5.77. The Labute approximate surface area is 147 Å². The predicted molar refractivity (Wildman–Crippen MR) is 96.3 cm³/mol.